The van der Waals surface area contributed by atoms with Crippen LogP contribution in [0, 0.1) is 12.3 Å². The molecule has 0 aromatic heterocycles. The molecule has 1 atom stereocenters. The molecular formula is C20H25LiN-. The second kappa shape index (κ2) is 10.4. The summed E-state index contributed by atoms with van der Waals surface area (Å²) in [5.41, 5.74) is 3.62. The normalized spacial score (nSPS) is 11.4. The molecule has 0 aliphatic rings. The Morgan fingerprint density at radius 3 is 2.41 bits per heavy atom. The summed E-state index contributed by atoms with van der Waals surface area (Å²) < 4.78 is 0. The van der Waals surface area contributed by atoms with Crippen LogP contribution >= 0.6 is 0 Å². The Morgan fingerprint density at radius 1 is 1.00 bits per heavy atom. The van der Waals surface area contributed by atoms with Gasteiger partial charge in [-0.15, -0.1) is 18.7 Å². The molecule has 0 bridgehead atoms. The van der Waals surface area contributed by atoms with E-state index in [0.29, 0.717) is 5.92 Å². The van der Waals surface area contributed by atoms with Gasteiger partial charge in [0.15, 0.2) is 0 Å². The third kappa shape index (κ3) is 6.22. The zero-order chi connectivity index (χ0) is 14.9. The standard InChI is InChI=1S/C20H25N.Li/c1-3-4-10-17(2)15-19-13-8-9-14-20(19)21-16-18-11-6-5-7-12-18;/h5-9,11-15,17H,3-4,10,16H2,1-2H3;/q-2;+1/t17-;/m0./s1. The van der Waals surface area contributed by atoms with E-state index in [1.54, 1.807) is 0 Å². The van der Waals surface area contributed by atoms with E-state index >= 15 is 0 Å². The fourth-order valence-corrected chi connectivity index (χ4v) is 2.45. The number of hydrogen-bond donors (Lipinski definition) is 0. The topological polar surface area (TPSA) is 14.1 Å². The van der Waals surface area contributed by atoms with Crippen molar-refractivity contribution in [1.82, 2.24) is 0 Å². The first-order valence-corrected chi connectivity index (χ1v) is 7.95. The van der Waals surface area contributed by atoms with Gasteiger partial charge in [-0.25, -0.2) is 5.56 Å². The van der Waals surface area contributed by atoms with Crippen molar-refractivity contribution < 1.29 is 18.9 Å². The summed E-state index contributed by atoms with van der Waals surface area (Å²) in [4.78, 5) is 0. The van der Waals surface area contributed by atoms with Gasteiger partial charge in [0.05, 0.1) is 0 Å². The molecule has 0 amide bonds. The van der Waals surface area contributed by atoms with Crippen LogP contribution in [-0.4, -0.2) is 0 Å². The van der Waals surface area contributed by atoms with Crippen LogP contribution in [0.4, 0.5) is 5.69 Å². The summed E-state index contributed by atoms with van der Waals surface area (Å²) in [6.45, 7) is 5.29. The average molecular weight is 286 g/mol. The van der Waals surface area contributed by atoms with Crippen molar-refractivity contribution in [3.8, 4) is 0 Å². The van der Waals surface area contributed by atoms with Crippen LogP contribution in [-0.2, 0) is 6.54 Å². The summed E-state index contributed by atoms with van der Waals surface area (Å²) in [6.07, 6.45) is 6.17. The van der Waals surface area contributed by atoms with Gasteiger partial charge in [0, 0.05) is 0 Å². The maximum Gasteiger partial charge on any atom is 1.00 e. The van der Waals surface area contributed by atoms with E-state index in [0.717, 1.165) is 12.2 Å². The van der Waals surface area contributed by atoms with Gasteiger partial charge in [0.2, 0.25) is 0 Å². The molecule has 0 saturated heterocycles. The van der Waals surface area contributed by atoms with Gasteiger partial charge in [0.1, 0.15) is 0 Å². The minimum atomic E-state index is 0. The molecule has 0 spiro atoms. The second-order valence-corrected chi connectivity index (χ2v) is 5.65. The van der Waals surface area contributed by atoms with Gasteiger partial charge in [-0.1, -0.05) is 81.0 Å². The minimum Gasteiger partial charge on any atom is -0.739 e. The quantitative estimate of drug-likeness (QED) is 0.522. The maximum atomic E-state index is 4.78. The molecule has 0 fully saturated rings. The Bertz CT molecular complexity index is 524. The molecule has 2 aromatic carbocycles. The Morgan fingerprint density at radius 2 is 1.68 bits per heavy atom. The van der Waals surface area contributed by atoms with Crippen molar-refractivity contribution in [1.29, 1.82) is 0 Å². The zero-order valence-electron chi connectivity index (χ0n) is 14.1. The smallest absolute Gasteiger partial charge is 0.739 e. The van der Waals surface area contributed by atoms with E-state index in [4.69, 9.17) is 5.32 Å². The first-order valence-electron chi connectivity index (χ1n) is 7.95. The number of para-hydroxylation sites is 1. The molecule has 0 heterocycles. The fourth-order valence-electron chi connectivity index (χ4n) is 2.45. The summed E-state index contributed by atoms with van der Waals surface area (Å²) in [5.74, 6) is 0.609. The number of hydrogen-bond acceptors (Lipinski definition) is 0. The fraction of sp³-hybridized carbons (Fsp3) is 0.350. The van der Waals surface area contributed by atoms with Crippen LogP contribution in [0.15, 0.2) is 54.6 Å². The third-order valence-corrected chi connectivity index (χ3v) is 3.69. The van der Waals surface area contributed by atoms with Gasteiger partial charge in [-0.05, 0) is 0 Å². The molecular weight excluding hydrogens is 261 g/mol. The van der Waals surface area contributed by atoms with Crippen molar-refractivity contribution >= 4 is 5.69 Å². The van der Waals surface area contributed by atoms with Crippen molar-refractivity contribution in [3.63, 3.8) is 0 Å². The molecule has 1 nitrogen and oxygen atoms in total. The van der Waals surface area contributed by atoms with E-state index < -0.39 is 0 Å². The molecule has 0 aliphatic carbocycles. The van der Waals surface area contributed by atoms with E-state index in [-0.39, 0.29) is 18.9 Å². The zero-order valence-corrected chi connectivity index (χ0v) is 14.1. The Labute approximate surface area is 147 Å². The van der Waals surface area contributed by atoms with Crippen LogP contribution in [0.25, 0.3) is 5.32 Å². The molecule has 22 heavy (non-hydrogen) atoms. The maximum absolute atomic E-state index is 4.78. The molecule has 0 aliphatic heterocycles. The van der Waals surface area contributed by atoms with Crippen LogP contribution < -0.4 is 18.9 Å². The molecule has 0 radical (unpaired) electrons. The monoisotopic (exact) mass is 286 g/mol. The second-order valence-electron chi connectivity index (χ2n) is 5.65. The van der Waals surface area contributed by atoms with Crippen molar-refractivity contribution in [2.45, 2.75) is 39.7 Å². The molecule has 2 aromatic rings. The number of rotatable bonds is 8. The van der Waals surface area contributed by atoms with Crippen LogP contribution in [0.3, 0.4) is 0 Å². The molecule has 2 rings (SSSR count). The van der Waals surface area contributed by atoms with Gasteiger partial charge in [0.25, 0.3) is 0 Å². The predicted molar refractivity (Wildman–Crippen MR) is 91.7 cm³/mol. The van der Waals surface area contributed by atoms with E-state index in [1.165, 1.54) is 30.4 Å². The third-order valence-electron chi connectivity index (χ3n) is 3.69. The van der Waals surface area contributed by atoms with Gasteiger partial charge in [-0.3, -0.25) is 5.69 Å². The van der Waals surface area contributed by atoms with Crippen LogP contribution in [0.1, 0.15) is 44.2 Å². The van der Waals surface area contributed by atoms with Crippen molar-refractivity contribution in [2.75, 3.05) is 0 Å². The Balaban J connectivity index is 0.00000242. The van der Waals surface area contributed by atoms with Crippen LogP contribution in [0.5, 0.6) is 0 Å². The van der Waals surface area contributed by atoms with Gasteiger partial charge < -0.3 is 5.32 Å². The van der Waals surface area contributed by atoms with Gasteiger partial charge >= 0.3 is 18.9 Å². The predicted octanol–water partition coefficient (Wildman–Crippen LogP) is 3.27. The van der Waals surface area contributed by atoms with E-state index in [2.05, 4.69) is 68.8 Å². The summed E-state index contributed by atoms with van der Waals surface area (Å²) in [6, 6.07) is 18.9. The van der Waals surface area contributed by atoms with E-state index in [1.807, 2.05) is 6.07 Å². The van der Waals surface area contributed by atoms with Gasteiger partial charge in [-0.2, -0.15) is 12.5 Å². The average Bonchev–Trinajstić information content (AvgIpc) is 2.53. The first kappa shape index (κ1) is 18.8. The SMILES string of the molecule is CCCC[C@H](C)[CH-]c1ccccc1[N-]Cc1ccccc1.[Li+]. The number of benzene rings is 2. The van der Waals surface area contributed by atoms with Crippen molar-refractivity contribution in [3.05, 3.63) is 77.5 Å². The molecule has 0 N–H and O–H groups in total. The molecule has 0 saturated carbocycles. The van der Waals surface area contributed by atoms with Crippen LogP contribution in [0.2, 0.25) is 0 Å². The molecule has 0 unspecified atom stereocenters. The summed E-state index contributed by atoms with van der Waals surface area (Å²) in [5, 5.41) is 4.78. The summed E-state index contributed by atoms with van der Waals surface area (Å²) >= 11 is 0. The Hall–Kier alpha value is -1.29. The largest absolute Gasteiger partial charge is 1.00 e. The Kier molecular flexibility index (Phi) is 8.90. The van der Waals surface area contributed by atoms with Crippen molar-refractivity contribution in [2.24, 2.45) is 5.92 Å². The number of nitrogens with zero attached hydrogens (tertiary/aromatic N) is 1. The summed E-state index contributed by atoms with van der Waals surface area (Å²) in [7, 11) is 0. The first-order chi connectivity index (χ1) is 10.3. The molecule has 112 valence electrons. The van der Waals surface area contributed by atoms with E-state index in [9.17, 15) is 0 Å². The molecule has 2 heteroatoms. The minimum absolute atomic E-state index is 0. The number of unbranched alkanes of at least 4 members (excludes halogenated alkanes) is 1.